The first-order chi connectivity index (χ1) is 12.4. The van der Waals surface area contributed by atoms with Crippen molar-refractivity contribution < 1.29 is 14.6 Å². The van der Waals surface area contributed by atoms with Crippen LogP contribution in [0.2, 0.25) is 0 Å². The number of phenolic OH excluding ortho intramolecular Hbond substituents is 1. The van der Waals surface area contributed by atoms with Crippen molar-refractivity contribution in [3.63, 3.8) is 0 Å². The largest absolute Gasteiger partial charge is 0.504 e. The lowest BCUT2D eigenvalue weighted by Crippen LogP contribution is -2.28. The van der Waals surface area contributed by atoms with Crippen molar-refractivity contribution in [2.75, 3.05) is 11.5 Å². The van der Waals surface area contributed by atoms with Crippen LogP contribution in [-0.2, 0) is 4.79 Å². The Hall–Kier alpha value is -1.58. The van der Waals surface area contributed by atoms with Gasteiger partial charge >= 0.3 is 0 Å². The number of para-hydroxylation sites is 1. The Labute approximate surface area is 175 Å². The van der Waals surface area contributed by atoms with Crippen LogP contribution in [-0.4, -0.2) is 21.9 Å². The molecule has 1 aliphatic rings. The van der Waals surface area contributed by atoms with Gasteiger partial charge in [0.25, 0.3) is 5.91 Å². The zero-order valence-electron chi connectivity index (χ0n) is 14.2. The number of benzene rings is 2. The maximum atomic E-state index is 12.9. The number of rotatable bonds is 4. The summed E-state index contributed by atoms with van der Waals surface area (Å²) in [6, 6.07) is 11.2. The summed E-state index contributed by atoms with van der Waals surface area (Å²) in [6.07, 6.45) is 1.78. The van der Waals surface area contributed by atoms with Gasteiger partial charge in [0.05, 0.1) is 20.8 Å². The number of aromatic hydroxyl groups is 1. The smallest absolute Gasteiger partial charge is 0.270 e. The Morgan fingerprint density at radius 1 is 1.35 bits per heavy atom. The molecule has 1 heterocycles. The van der Waals surface area contributed by atoms with E-state index in [2.05, 4.69) is 0 Å². The molecule has 0 unspecified atom stereocenters. The number of nitrogens with zero attached hydrogens (tertiary/aromatic N) is 1. The summed E-state index contributed by atoms with van der Waals surface area (Å²) in [5, 5.41) is 10.1. The van der Waals surface area contributed by atoms with E-state index in [1.54, 1.807) is 23.1 Å². The first-order valence-corrected chi connectivity index (χ1v) is 10.2. The van der Waals surface area contributed by atoms with E-state index in [0.717, 1.165) is 16.8 Å². The maximum Gasteiger partial charge on any atom is 0.270 e. The van der Waals surface area contributed by atoms with E-state index in [0.29, 0.717) is 25.2 Å². The Morgan fingerprint density at radius 2 is 2.08 bits per heavy atom. The predicted molar refractivity (Wildman–Crippen MR) is 119 cm³/mol. The number of hydrogen-bond acceptors (Lipinski definition) is 5. The number of carbonyl (C=O) groups is 1. The van der Waals surface area contributed by atoms with E-state index in [-0.39, 0.29) is 11.7 Å². The standard InChI is InChI=1S/C19H16INO3S2/c1-3-24-15-9-12(8-13(20)17(15)22)10-16-18(23)21(19(25)26-16)14-7-5-4-6-11(14)2/h4-10,22H,3H2,1-2H3/b16-10+. The fraction of sp³-hybridized carbons (Fsp3) is 0.158. The molecule has 1 N–H and O–H groups in total. The summed E-state index contributed by atoms with van der Waals surface area (Å²) >= 11 is 8.74. The number of aryl methyl sites for hydroxylation is 1. The first kappa shape index (κ1) is 19.2. The van der Waals surface area contributed by atoms with Crippen LogP contribution in [0.4, 0.5) is 5.69 Å². The average Bonchev–Trinajstić information content (AvgIpc) is 2.87. The lowest BCUT2D eigenvalue weighted by atomic mass is 10.1. The summed E-state index contributed by atoms with van der Waals surface area (Å²) in [7, 11) is 0. The number of phenols is 1. The topological polar surface area (TPSA) is 49.8 Å². The van der Waals surface area contributed by atoms with E-state index in [1.807, 2.05) is 60.7 Å². The molecule has 1 saturated heterocycles. The van der Waals surface area contributed by atoms with Gasteiger partial charge in [-0.25, -0.2) is 0 Å². The average molecular weight is 497 g/mol. The van der Waals surface area contributed by atoms with Gasteiger partial charge in [0.15, 0.2) is 15.8 Å². The van der Waals surface area contributed by atoms with Gasteiger partial charge in [-0.3, -0.25) is 9.69 Å². The molecule has 26 heavy (non-hydrogen) atoms. The van der Waals surface area contributed by atoms with Crippen LogP contribution < -0.4 is 9.64 Å². The SMILES string of the molecule is CCOc1cc(/C=C2/SC(=S)N(c3ccccc3C)C2=O)cc(I)c1O. The van der Waals surface area contributed by atoms with Crippen molar-refractivity contribution in [3.8, 4) is 11.5 Å². The number of thioether (sulfide) groups is 1. The van der Waals surface area contributed by atoms with Gasteiger partial charge in [-0.15, -0.1) is 0 Å². The summed E-state index contributed by atoms with van der Waals surface area (Å²) in [5.41, 5.74) is 2.57. The molecule has 2 aromatic rings. The van der Waals surface area contributed by atoms with Crippen LogP contribution in [0.15, 0.2) is 41.3 Å². The molecule has 1 aliphatic heterocycles. The molecule has 4 nitrogen and oxygen atoms in total. The number of ether oxygens (including phenoxy) is 1. The number of hydrogen-bond donors (Lipinski definition) is 1. The number of thiocarbonyl (C=S) groups is 1. The van der Waals surface area contributed by atoms with E-state index in [1.165, 1.54) is 11.8 Å². The van der Waals surface area contributed by atoms with E-state index in [9.17, 15) is 9.90 Å². The van der Waals surface area contributed by atoms with Gasteiger partial charge in [0.2, 0.25) is 0 Å². The third-order valence-electron chi connectivity index (χ3n) is 3.80. The Kier molecular flexibility index (Phi) is 5.89. The molecule has 0 saturated carbocycles. The highest BCUT2D eigenvalue weighted by Gasteiger charge is 2.34. The van der Waals surface area contributed by atoms with Crippen LogP contribution >= 0.6 is 46.6 Å². The summed E-state index contributed by atoms with van der Waals surface area (Å²) in [4.78, 5) is 15.0. The molecule has 3 rings (SSSR count). The minimum Gasteiger partial charge on any atom is -0.504 e. The molecule has 134 valence electrons. The number of carbonyl (C=O) groups excluding carboxylic acids is 1. The number of anilines is 1. The minimum absolute atomic E-state index is 0.108. The third kappa shape index (κ3) is 3.74. The monoisotopic (exact) mass is 497 g/mol. The highest BCUT2D eigenvalue weighted by molar-refractivity contribution is 14.1. The third-order valence-corrected chi connectivity index (χ3v) is 5.92. The van der Waals surface area contributed by atoms with Gasteiger partial charge in [0, 0.05) is 0 Å². The highest BCUT2D eigenvalue weighted by atomic mass is 127. The van der Waals surface area contributed by atoms with Crippen molar-refractivity contribution in [2.45, 2.75) is 13.8 Å². The van der Waals surface area contributed by atoms with E-state index >= 15 is 0 Å². The second-order valence-electron chi connectivity index (χ2n) is 5.59. The molecule has 7 heteroatoms. The van der Waals surface area contributed by atoms with E-state index < -0.39 is 0 Å². The summed E-state index contributed by atoms with van der Waals surface area (Å²) in [5.74, 6) is 0.368. The molecule has 0 aliphatic carbocycles. The molecular formula is C19H16INO3S2. The van der Waals surface area contributed by atoms with Crippen LogP contribution in [0.25, 0.3) is 6.08 Å². The van der Waals surface area contributed by atoms with Gasteiger partial charge in [0.1, 0.15) is 0 Å². The molecule has 0 atom stereocenters. The predicted octanol–water partition coefficient (Wildman–Crippen LogP) is 5.11. The quantitative estimate of drug-likeness (QED) is 0.362. The normalized spacial score (nSPS) is 15.8. The fourth-order valence-electron chi connectivity index (χ4n) is 2.58. The lowest BCUT2D eigenvalue weighted by Gasteiger charge is -2.16. The highest BCUT2D eigenvalue weighted by Crippen LogP contribution is 2.39. The van der Waals surface area contributed by atoms with Gasteiger partial charge in [-0.1, -0.05) is 42.2 Å². The van der Waals surface area contributed by atoms with Crippen LogP contribution in [0.3, 0.4) is 0 Å². The molecule has 0 spiro atoms. The number of halogens is 1. The molecule has 1 amide bonds. The lowest BCUT2D eigenvalue weighted by molar-refractivity contribution is -0.113. The van der Waals surface area contributed by atoms with E-state index in [4.69, 9.17) is 17.0 Å². The summed E-state index contributed by atoms with van der Waals surface area (Å²) < 4.78 is 6.63. The molecule has 0 bridgehead atoms. The second-order valence-corrected chi connectivity index (χ2v) is 8.42. The number of amides is 1. The van der Waals surface area contributed by atoms with Crippen molar-refractivity contribution in [2.24, 2.45) is 0 Å². The molecule has 0 aromatic heterocycles. The molecular weight excluding hydrogens is 481 g/mol. The second kappa shape index (κ2) is 7.98. The molecule has 0 radical (unpaired) electrons. The first-order valence-electron chi connectivity index (χ1n) is 7.91. The van der Waals surface area contributed by atoms with Crippen molar-refractivity contribution in [3.05, 3.63) is 56.0 Å². The van der Waals surface area contributed by atoms with Gasteiger partial charge in [-0.05, 0) is 71.8 Å². The zero-order valence-corrected chi connectivity index (χ0v) is 17.9. The van der Waals surface area contributed by atoms with Crippen LogP contribution in [0, 0.1) is 10.5 Å². The van der Waals surface area contributed by atoms with Crippen molar-refractivity contribution >= 4 is 68.6 Å². The fourth-order valence-corrected chi connectivity index (χ4v) is 4.49. The van der Waals surface area contributed by atoms with Crippen LogP contribution in [0.5, 0.6) is 11.5 Å². The van der Waals surface area contributed by atoms with Gasteiger partial charge < -0.3 is 9.84 Å². The minimum atomic E-state index is -0.143. The van der Waals surface area contributed by atoms with Gasteiger partial charge in [-0.2, -0.15) is 0 Å². The van der Waals surface area contributed by atoms with Crippen molar-refractivity contribution in [1.82, 2.24) is 0 Å². The maximum absolute atomic E-state index is 12.9. The Morgan fingerprint density at radius 3 is 2.77 bits per heavy atom. The molecule has 2 aromatic carbocycles. The Balaban J connectivity index is 1.97. The molecule has 1 fully saturated rings. The zero-order chi connectivity index (χ0) is 18.8. The Bertz CT molecular complexity index is 927. The summed E-state index contributed by atoms with van der Waals surface area (Å²) in [6.45, 7) is 4.25. The van der Waals surface area contributed by atoms with Crippen molar-refractivity contribution in [1.29, 1.82) is 0 Å². The van der Waals surface area contributed by atoms with Crippen LogP contribution in [0.1, 0.15) is 18.1 Å².